The highest BCUT2D eigenvalue weighted by molar-refractivity contribution is 5.76. The van der Waals surface area contributed by atoms with Crippen LogP contribution in [-0.2, 0) is 16.1 Å². The molecule has 0 spiro atoms. The van der Waals surface area contributed by atoms with Crippen molar-refractivity contribution < 1.29 is 27.4 Å². The van der Waals surface area contributed by atoms with Crippen LogP contribution < -0.4 is 4.74 Å². The minimum atomic E-state index is -5.00. The summed E-state index contributed by atoms with van der Waals surface area (Å²) in [6, 6.07) is 16.9. The quantitative estimate of drug-likeness (QED) is 0.649. The molecule has 3 rings (SSSR count). The lowest BCUT2D eigenvalue weighted by Gasteiger charge is -2.47. The smallest absolute Gasteiger partial charge is 0.489 e. The number of alkyl halides is 3. The molecule has 0 N–H and O–H groups in total. The maximum Gasteiger partial charge on any atom is 0.490 e. The van der Waals surface area contributed by atoms with Gasteiger partial charge in [0.25, 0.3) is 0 Å². The van der Waals surface area contributed by atoms with E-state index >= 15 is 0 Å². The van der Waals surface area contributed by atoms with Crippen molar-refractivity contribution >= 4 is 5.97 Å². The van der Waals surface area contributed by atoms with Crippen molar-refractivity contribution in [3.05, 3.63) is 65.7 Å². The zero-order valence-electron chi connectivity index (χ0n) is 15.5. The van der Waals surface area contributed by atoms with Crippen molar-refractivity contribution in [3.8, 4) is 5.75 Å². The fourth-order valence-corrected chi connectivity index (χ4v) is 3.25. The molecule has 0 aromatic heterocycles. The molecule has 2 aromatic rings. The van der Waals surface area contributed by atoms with Crippen LogP contribution in [0.3, 0.4) is 0 Å². The van der Waals surface area contributed by atoms with Gasteiger partial charge < -0.3 is 9.47 Å². The SMILES string of the molecule is CCCN1CC(c2cccc(OCc3ccccc3)c2)C1OC(=O)C(F)(F)F. The Labute approximate surface area is 161 Å². The fourth-order valence-electron chi connectivity index (χ4n) is 3.25. The lowest BCUT2D eigenvalue weighted by atomic mass is 9.88. The van der Waals surface area contributed by atoms with Gasteiger partial charge in [-0.1, -0.05) is 49.4 Å². The minimum absolute atomic E-state index is 0.321. The first-order chi connectivity index (χ1) is 13.4. The van der Waals surface area contributed by atoms with Crippen LogP contribution in [-0.4, -0.2) is 36.4 Å². The second kappa shape index (κ2) is 8.65. The number of benzene rings is 2. The number of esters is 1. The zero-order chi connectivity index (χ0) is 20.1. The minimum Gasteiger partial charge on any atom is -0.489 e. The van der Waals surface area contributed by atoms with Gasteiger partial charge >= 0.3 is 12.1 Å². The van der Waals surface area contributed by atoms with Crippen LogP contribution in [0.4, 0.5) is 13.2 Å². The molecule has 7 heteroatoms. The molecule has 4 nitrogen and oxygen atoms in total. The highest BCUT2D eigenvalue weighted by atomic mass is 19.4. The standard InChI is InChI=1S/C21H22F3NO3/c1-2-11-25-13-18(19(25)28-20(26)21(22,23)24)16-9-6-10-17(12-16)27-14-15-7-4-3-5-8-15/h3-10,12,18-19H,2,11,13-14H2,1H3. The molecule has 2 aromatic carbocycles. The van der Waals surface area contributed by atoms with E-state index in [0.29, 0.717) is 25.4 Å². The highest BCUT2D eigenvalue weighted by Gasteiger charge is 2.48. The molecule has 2 atom stereocenters. The molecule has 0 amide bonds. The molecule has 1 saturated heterocycles. The van der Waals surface area contributed by atoms with Crippen molar-refractivity contribution in [3.63, 3.8) is 0 Å². The van der Waals surface area contributed by atoms with Gasteiger partial charge in [-0.15, -0.1) is 0 Å². The van der Waals surface area contributed by atoms with Crippen molar-refractivity contribution in [2.75, 3.05) is 13.1 Å². The van der Waals surface area contributed by atoms with Crippen LogP contribution in [0.25, 0.3) is 0 Å². The first-order valence-electron chi connectivity index (χ1n) is 9.17. The van der Waals surface area contributed by atoms with Crippen molar-refractivity contribution in [1.29, 1.82) is 0 Å². The number of nitrogens with zero attached hydrogens (tertiary/aromatic N) is 1. The van der Waals surface area contributed by atoms with E-state index in [1.165, 1.54) is 0 Å². The molecule has 1 fully saturated rings. The molecule has 1 aliphatic rings. The summed E-state index contributed by atoms with van der Waals surface area (Å²) in [5, 5.41) is 0. The van der Waals surface area contributed by atoms with Gasteiger partial charge in [-0.3, -0.25) is 4.90 Å². The number of hydrogen-bond acceptors (Lipinski definition) is 4. The Morgan fingerprint density at radius 3 is 2.57 bits per heavy atom. The molecular weight excluding hydrogens is 371 g/mol. The van der Waals surface area contributed by atoms with Gasteiger partial charge in [0.15, 0.2) is 6.23 Å². The third-order valence-electron chi connectivity index (χ3n) is 4.64. The Kier molecular flexibility index (Phi) is 6.24. The average molecular weight is 393 g/mol. The number of hydrogen-bond donors (Lipinski definition) is 0. The van der Waals surface area contributed by atoms with Crippen LogP contribution in [0.2, 0.25) is 0 Å². The molecule has 150 valence electrons. The predicted octanol–water partition coefficient (Wildman–Crippen LogP) is 4.51. The summed E-state index contributed by atoms with van der Waals surface area (Å²) in [6.45, 7) is 3.42. The summed E-state index contributed by atoms with van der Waals surface area (Å²) in [5.74, 6) is -1.85. The van der Waals surface area contributed by atoms with Crippen LogP contribution in [0.1, 0.15) is 30.4 Å². The molecule has 0 bridgehead atoms. The lowest BCUT2D eigenvalue weighted by molar-refractivity contribution is -0.225. The Bertz CT molecular complexity index is 795. The maximum absolute atomic E-state index is 12.6. The van der Waals surface area contributed by atoms with E-state index in [9.17, 15) is 18.0 Å². The molecule has 28 heavy (non-hydrogen) atoms. The van der Waals surface area contributed by atoms with Gasteiger partial charge in [0, 0.05) is 19.0 Å². The third-order valence-corrected chi connectivity index (χ3v) is 4.64. The Morgan fingerprint density at radius 2 is 1.89 bits per heavy atom. The van der Waals surface area contributed by atoms with Crippen LogP contribution in [0.5, 0.6) is 5.75 Å². The van der Waals surface area contributed by atoms with E-state index in [0.717, 1.165) is 17.5 Å². The Hall–Kier alpha value is -2.54. The largest absolute Gasteiger partial charge is 0.490 e. The van der Waals surface area contributed by atoms with Gasteiger partial charge in [-0.05, 0) is 29.7 Å². The van der Waals surface area contributed by atoms with Crippen LogP contribution in [0.15, 0.2) is 54.6 Å². The predicted molar refractivity (Wildman–Crippen MR) is 97.8 cm³/mol. The Balaban J connectivity index is 1.69. The molecule has 2 unspecified atom stereocenters. The fraction of sp³-hybridized carbons (Fsp3) is 0.381. The molecule has 0 saturated carbocycles. The van der Waals surface area contributed by atoms with Gasteiger partial charge in [0.1, 0.15) is 12.4 Å². The van der Waals surface area contributed by atoms with E-state index in [-0.39, 0.29) is 5.92 Å². The van der Waals surface area contributed by atoms with Gasteiger partial charge in [0.05, 0.1) is 0 Å². The summed E-state index contributed by atoms with van der Waals surface area (Å²) in [7, 11) is 0. The molecule has 1 heterocycles. The summed E-state index contributed by atoms with van der Waals surface area (Å²) >= 11 is 0. The van der Waals surface area contributed by atoms with Crippen LogP contribution >= 0.6 is 0 Å². The van der Waals surface area contributed by atoms with Gasteiger partial charge in [0.2, 0.25) is 0 Å². The number of likely N-dealkylation sites (tertiary alicyclic amines) is 1. The summed E-state index contributed by atoms with van der Waals surface area (Å²) < 4.78 is 48.4. The molecule has 0 aliphatic carbocycles. The normalized spacial score (nSPS) is 19.7. The number of rotatable bonds is 7. The summed E-state index contributed by atoms with van der Waals surface area (Å²) in [4.78, 5) is 13.1. The van der Waals surface area contributed by atoms with Crippen molar-refractivity contribution in [1.82, 2.24) is 4.90 Å². The van der Waals surface area contributed by atoms with Crippen molar-refractivity contribution in [2.45, 2.75) is 38.3 Å². The number of ether oxygens (including phenoxy) is 2. The van der Waals surface area contributed by atoms with Gasteiger partial charge in [-0.2, -0.15) is 13.2 Å². The first kappa shape index (κ1) is 20.2. The topological polar surface area (TPSA) is 38.8 Å². The monoisotopic (exact) mass is 393 g/mol. The number of carbonyl (C=O) groups is 1. The number of carbonyl (C=O) groups excluding carboxylic acids is 1. The van der Waals surface area contributed by atoms with Crippen molar-refractivity contribution in [2.24, 2.45) is 0 Å². The molecule has 0 radical (unpaired) electrons. The maximum atomic E-state index is 12.6. The lowest BCUT2D eigenvalue weighted by Crippen LogP contribution is -2.57. The number of halogens is 3. The average Bonchev–Trinajstić information content (AvgIpc) is 2.67. The highest BCUT2D eigenvalue weighted by Crippen LogP contribution is 2.37. The van der Waals surface area contributed by atoms with E-state index in [2.05, 4.69) is 0 Å². The van der Waals surface area contributed by atoms with Crippen LogP contribution in [0, 0.1) is 0 Å². The summed E-state index contributed by atoms with van der Waals surface area (Å²) in [5.41, 5.74) is 1.81. The van der Waals surface area contributed by atoms with Gasteiger partial charge in [-0.25, -0.2) is 4.79 Å². The Morgan fingerprint density at radius 1 is 1.14 bits per heavy atom. The molecule has 1 aliphatic heterocycles. The second-order valence-electron chi connectivity index (χ2n) is 6.74. The first-order valence-corrected chi connectivity index (χ1v) is 9.17. The van der Waals surface area contributed by atoms with E-state index in [1.54, 1.807) is 23.1 Å². The van der Waals surface area contributed by atoms with E-state index in [1.807, 2.05) is 43.3 Å². The van der Waals surface area contributed by atoms with E-state index < -0.39 is 18.4 Å². The molecular formula is C21H22F3NO3. The zero-order valence-corrected chi connectivity index (χ0v) is 15.5. The van der Waals surface area contributed by atoms with E-state index in [4.69, 9.17) is 9.47 Å². The third kappa shape index (κ3) is 4.84. The second-order valence-corrected chi connectivity index (χ2v) is 6.74. The summed E-state index contributed by atoms with van der Waals surface area (Å²) in [6.07, 6.45) is -5.16.